The Kier molecular flexibility index (Phi) is 7.78. The first-order valence-corrected chi connectivity index (χ1v) is 9.75. The van der Waals surface area contributed by atoms with E-state index < -0.39 is 21.7 Å². The van der Waals surface area contributed by atoms with E-state index >= 15 is 0 Å². The molecule has 1 rings (SSSR count). The maximum absolute atomic E-state index is 13.6. The number of allylic oxidation sites excluding steroid dienone is 2. The molecule has 0 aromatic heterocycles. The summed E-state index contributed by atoms with van der Waals surface area (Å²) in [5, 5.41) is 7.52. The number of carbonyl (C=O) groups is 1. The summed E-state index contributed by atoms with van der Waals surface area (Å²) in [4.78, 5) is 12.5. The highest BCUT2D eigenvalue weighted by Crippen LogP contribution is 2.20. The fourth-order valence-corrected chi connectivity index (χ4v) is 2.73. The van der Waals surface area contributed by atoms with Gasteiger partial charge in [0.05, 0.1) is 24.8 Å². The number of benzene rings is 1. The minimum Gasteiger partial charge on any atom is -0.366 e. The first-order valence-electron chi connectivity index (χ1n) is 7.33. The molecule has 1 amide bonds. The molecule has 0 spiro atoms. The van der Waals surface area contributed by atoms with Crippen LogP contribution in [0.5, 0.6) is 0 Å². The second-order valence-corrected chi connectivity index (χ2v) is 7.52. The Balaban J connectivity index is 3.20. The van der Waals surface area contributed by atoms with Gasteiger partial charge in [-0.15, -0.1) is 11.6 Å². The monoisotopic (exact) mass is 402 g/mol. The highest BCUT2D eigenvalue weighted by atomic mass is 35.5. The van der Waals surface area contributed by atoms with Crippen molar-refractivity contribution in [1.29, 1.82) is 5.41 Å². The van der Waals surface area contributed by atoms with Gasteiger partial charge in [0, 0.05) is 17.7 Å². The van der Waals surface area contributed by atoms with Crippen molar-refractivity contribution in [3.8, 4) is 0 Å². The Morgan fingerprint density at radius 2 is 2.12 bits per heavy atom. The number of rotatable bonds is 9. The second kappa shape index (κ2) is 9.35. The normalized spacial score (nSPS) is 12.6. The molecule has 0 aliphatic rings. The molecule has 0 aliphatic heterocycles. The van der Waals surface area contributed by atoms with Crippen LogP contribution in [0.1, 0.15) is 12.5 Å². The highest BCUT2D eigenvalue weighted by Gasteiger charge is 2.11. The van der Waals surface area contributed by atoms with E-state index in [2.05, 4.69) is 4.72 Å². The van der Waals surface area contributed by atoms with Crippen LogP contribution in [0, 0.1) is 11.2 Å². The van der Waals surface area contributed by atoms with E-state index in [-0.39, 0.29) is 23.7 Å². The Morgan fingerprint density at radius 3 is 2.62 bits per heavy atom. The molecule has 1 aromatic rings. The zero-order chi connectivity index (χ0) is 19.9. The third-order valence-corrected chi connectivity index (χ3v) is 4.06. The first-order chi connectivity index (χ1) is 12.1. The van der Waals surface area contributed by atoms with Gasteiger partial charge in [-0.25, -0.2) is 12.8 Å². The smallest absolute Gasteiger partial charge is 0.244 e. The number of alkyl halides is 1. The quantitative estimate of drug-likeness (QED) is 0.193. The lowest BCUT2D eigenvalue weighted by molar-refractivity contribution is -0.114. The van der Waals surface area contributed by atoms with Gasteiger partial charge in [0.2, 0.25) is 15.9 Å². The van der Waals surface area contributed by atoms with Crippen LogP contribution < -0.4 is 10.5 Å². The molecule has 0 saturated carbocycles. The number of nitrogens with one attached hydrogen (secondary N) is 2. The predicted octanol–water partition coefficient (Wildman–Crippen LogP) is 2.16. The molecule has 4 N–H and O–H groups in total. The van der Waals surface area contributed by atoms with Crippen molar-refractivity contribution in [3.05, 3.63) is 53.0 Å². The second-order valence-electron chi connectivity index (χ2n) is 5.51. The zero-order valence-electron chi connectivity index (χ0n) is 14.3. The van der Waals surface area contributed by atoms with Crippen LogP contribution in [0.4, 0.5) is 10.1 Å². The van der Waals surface area contributed by atoms with E-state index in [0.717, 1.165) is 18.7 Å². The van der Waals surface area contributed by atoms with Gasteiger partial charge >= 0.3 is 0 Å². The molecule has 142 valence electrons. The van der Waals surface area contributed by atoms with Crippen LogP contribution in [-0.2, 0) is 21.4 Å². The van der Waals surface area contributed by atoms with Crippen molar-refractivity contribution in [2.45, 2.75) is 13.5 Å². The molecule has 0 radical (unpaired) electrons. The van der Waals surface area contributed by atoms with Crippen LogP contribution in [0.25, 0.3) is 0 Å². The lowest BCUT2D eigenvalue weighted by Crippen LogP contribution is -2.18. The molecule has 0 saturated heterocycles. The summed E-state index contributed by atoms with van der Waals surface area (Å²) in [6.45, 7) is 1.53. The van der Waals surface area contributed by atoms with Gasteiger partial charge in [0.25, 0.3) is 0 Å². The Bertz CT molecular complexity index is 853. The van der Waals surface area contributed by atoms with E-state index in [9.17, 15) is 17.6 Å². The first kappa shape index (κ1) is 21.7. The molecule has 0 atom stereocenters. The third-order valence-electron chi connectivity index (χ3n) is 3.16. The Labute approximate surface area is 156 Å². The third kappa shape index (κ3) is 7.24. The SMILES string of the molecule is C/C(=C\C(=C/N(C=N)Cc1cc(F)ccc1NS(C)(=O)=O)CCl)C(N)=O. The summed E-state index contributed by atoms with van der Waals surface area (Å²) in [7, 11) is -3.55. The Hall–Kier alpha value is -2.39. The van der Waals surface area contributed by atoms with Gasteiger partial charge in [0.15, 0.2) is 0 Å². The fraction of sp³-hybridized carbons (Fsp3) is 0.250. The van der Waals surface area contributed by atoms with Gasteiger partial charge in [0.1, 0.15) is 5.82 Å². The molecular weight excluding hydrogens is 383 g/mol. The average Bonchev–Trinajstić information content (AvgIpc) is 2.54. The number of hydrogen-bond acceptors (Lipinski definition) is 4. The van der Waals surface area contributed by atoms with Gasteiger partial charge in [-0.1, -0.05) is 0 Å². The van der Waals surface area contributed by atoms with E-state index in [1.54, 1.807) is 0 Å². The van der Waals surface area contributed by atoms with E-state index in [0.29, 0.717) is 11.1 Å². The topological polar surface area (TPSA) is 116 Å². The van der Waals surface area contributed by atoms with Crippen molar-refractivity contribution in [2.75, 3.05) is 16.9 Å². The fourth-order valence-electron chi connectivity index (χ4n) is 1.99. The number of halogens is 2. The number of nitrogens with zero attached hydrogens (tertiary/aromatic N) is 1. The van der Waals surface area contributed by atoms with Crippen molar-refractivity contribution >= 4 is 39.6 Å². The lowest BCUT2D eigenvalue weighted by Gasteiger charge is -2.18. The van der Waals surface area contributed by atoms with Crippen LogP contribution >= 0.6 is 11.6 Å². The highest BCUT2D eigenvalue weighted by molar-refractivity contribution is 7.92. The lowest BCUT2D eigenvalue weighted by atomic mass is 10.1. The van der Waals surface area contributed by atoms with E-state index in [1.165, 1.54) is 36.2 Å². The average molecular weight is 403 g/mol. The molecular formula is C16H20ClFN4O3S. The van der Waals surface area contributed by atoms with Crippen molar-refractivity contribution in [3.63, 3.8) is 0 Å². The number of nitrogens with two attached hydrogens (primary N) is 1. The molecule has 0 bridgehead atoms. The van der Waals surface area contributed by atoms with Gasteiger partial charge in [-0.3, -0.25) is 14.9 Å². The van der Waals surface area contributed by atoms with Crippen molar-refractivity contribution in [2.24, 2.45) is 5.73 Å². The van der Waals surface area contributed by atoms with Gasteiger partial charge in [-0.05, 0) is 42.3 Å². The van der Waals surface area contributed by atoms with Crippen LogP contribution in [0.15, 0.2) is 41.6 Å². The summed E-state index contributed by atoms with van der Waals surface area (Å²) < 4.78 is 38.8. The molecule has 7 nitrogen and oxygen atoms in total. The number of carbonyl (C=O) groups excluding carboxylic acids is 1. The summed E-state index contributed by atoms with van der Waals surface area (Å²) in [6.07, 6.45) is 4.92. The largest absolute Gasteiger partial charge is 0.366 e. The number of anilines is 1. The minimum atomic E-state index is -3.55. The number of sulfonamides is 1. The molecule has 0 aliphatic carbocycles. The van der Waals surface area contributed by atoms with E-state index in [4.69, 9.17) is 22.7 Å². The molecule has 26 heavy (non-hydrogen) atoms. The number of hydrogen-bond donors (Lipinski definition) is 3. The minimum absolute atomic E-state index is 0.00294. The number of primary amides is 1. The van der Waals surface area contributed by atoms with Crippen molar-refractivity contribution in [1.82, 2.24) is 4.90 Å². The summed E-state index contributed by atoms with van der Waals surface area (Å²) in [5.41, 5.74) is 6.48. The summed E-state index contributed by atoms with van der Waals surface area (Å²) in [6, 6.07) is 3.60. The van der Waals surface area contributed by atoms with Gasteiger partial charge in [-0.2, -0.15) is 0 Å². The van der Waals surface area contributed by atoms with Crippen LogP contribution in [0.2, 0.25) is 0 Å². The Morgan fingerprint density at radius 1 is 1.46 bits per heavy atom. The van der Waals surface area contributed by atoms with E-state index in [1.807, 2.05) is 0 Å². The summed E-state index contributed by atoms with van der Waals surface area (Å²) >= 11 is 5.85. The molecule has 1 aromatic carbocycles. The molecule has 0 heterocycles. The zero-order valence-corrected chi connectivity index (χ0v) is 15.9. The van der Waals surface area contributed by atoms with Crippen LogP contribution in [-0.4, -0.2) is 37.7 Å². The molecule has 0 unspecified atom stereocenters. The summed E-state index contributed by atoms with van der Waals surface area (Å²) in [5.74, 6) is -1.10. The van der Waals surface area contributed by atoms with Gasteiger partial charge < -0.3 is 10.6 Å². The maximum atomic E-state index is 13.6. The number of amides is 1. The molecule has 10 heteroatoms. The van der Waals surface area contributed by atoms with Crippen molar-refractivity contribution < 1.29 is 17.6 Å². The maximum Gasteiger partial charge on any atom is 0.244 e. The standard InChI is InChI=1S/C16H20ClFN4O3S/c1-11(16(20)23)5-12(7-17)8-22(10-19)9-13-6-14(18)3-4-15(13)21-26(2,24)25/h3-6,8,10,19,21H,7,9H2,1-2H3,(H2,20,23)/b11-5+,12-8+,19-10?. The predicted molar refractivity (Wildman–Crippen MR) is 101 cm³/mol. The van der Waals surface area contributed by atoms with Crippen LogP contribution in [0.3, 0.4) is 0 Å². The molecule has 0 fully saturated rings.